The van der Waals surface area contributed by atoms with E-state index in [1.54, 1.807) is 11.3 Å². The Morgan fingerprint density at radius 2 is 2.17 bits per heavy atom. The monoisotopic (exact) mass is 358 g/mol. The van der Waals surface area contributed by atoms with Gasteiger partial charge in [0.2, 0.25) is 0 Å². The van der Waals surface area contributed by atoms with Gasteiger partial charge in [-0.2, -0.15) is 0 Å². The fraction of sp³-hybridized carbons (Fsp3) is 0.0833. The van der Waals surface area contributed by atoms with Crippen molar-refractivity contribution in [2.45, 2.75) is 6.54 Å². The maximum atomic E-state index is 6.25. The Balaban J connectivity index is 2.16. The molecule has 0 aliphatic rings. The molecule has 0 bridgehead atoms. The third-order valence-corrected chi connectivity index (χ3v) is 4.92. The Kier molecular flexibility index (Phi) is 3.32. The zero-order valence-corrected chi connectivity index (χ0v) is 13.1. The van der Waals surface area contributed by atoms with Crippen LogP contribution in [-0.2, 0) is 6.54 Å². The van der Waals surface area contributed by atoms with Gasteiger partial charge >= 0.3 is 0 Å². The predicted octanol–water partition coefficient (Wildman–Crippen LogP) is 5.22. The maximum Gasteiger partial charge on any atom is 0.178 e. The minimum Gasteiger partial charge on any atom is -0.331 e. The number of hydrogen-bond acceptors (Lipinski definition) is 2. The summed E-state index contributed by atoms with van der Waals surface area (Å²) in [6.07, 6.45) is 0. The molecule has 0 spiro atoms. The molecule has 0 aliphatic carbocycles. The normalized spacial score (nSPS) is 11.2. The van der Waals surface area contributed by atoms with E-state index < -0.39 is 0 Å². The van der Waals surface area contributed by atoms with Crippen molar-refractivity contribution >= 4 is 62.1 Å². The van der Waals surface area contributed by atoms with Crippen LogP contribution in [0.3, 0.4) is 0 Å². The van der Waals surface area contributed by atoms with Crippen LogP contribution in [0.4, 0.5) is 0 Å². The van der Waals surface area contributed by atoms with Crippen molar-refractivity contribution in [1.82, 2.24) is 9.55 Å². The summed E-state index contributed by atoms with van der Waals surface area (Å²) in [6.45, 7) is 0.735. The summed E-state index contributed by atoms with van der Waals surface area (Å²) in [7, 11) is 0. The number of fused-ring (bicyclic) bond motifs is 1. The minimum atomic E-state index is 0.697. The van der Waals surface area contributed by atoms with Crippen LogP contribution in [0.5, 0.6) is 0 Å². The first-order chi connectivity index (χ1) is 8.65. The lowest BCUT2D eigenvalue weighted by molar-refractivity contribution is 0.823. The van der Waals surface area contributed by atoms with Gasteiger partial charge in [-0.3, -0.25) is 0 Å². The van der Waals surface area contributed by atoms with E-state index in [0.717, 1.165) is 26.4 Å². The molecule has 6 heteroatoms. The number of H-pyrrole nitrogens is 1. The molecule has 0 saturated carbocycles. The third-order valence-electron chi connectivity index (χ3n) is 2.69. The Morgan fingerprint density at radius 1 is 1.33 bits per heavy atom. The molecule has 2 heterocycles. The van der Waals surface area contributed by atoms with Crippen molar-refractivity contribution in [2.75, 3.05) is 0 Å². The van der Waals surface area contributed by atoms with Crippen LogP contribution in [0.2, 0.25) is 5.02 Å². The van der Waals surface area contributed by atoms with Crippen molar-refractivity contribution in [2.24, 2.45) is 0 Å². The maximum absolute atomic E-state index is 6.25. The van der Waals surface area contributed by atoms with Gasteiger partial charge < -0.3 is 9.55 Å². The summed E-state index contributed by atoms with van der Waals surface area (Å²) in [6, 6.07) is 9.92. The number of para-hydroxylation sites is 1. The molecule has 1 N–H and O–H groups in total. The molecule has 2 nitrogen and oxygen atoms in total. The largest absolute Gasteiger partial charge is 0.331 e. The van der Waals surface area contributed by atoms with E-state index in [9.17, 15) is 0 Å². The summed E-state index contributed by atoms with van der Waals surface area (Å²) in [5.41, 5.74) is 1.94. The average Bonchev–Trinajstić information content (AvgIpc) is 2.85. The molecule has 2 aromatic heterocycles. The first-order valence-corrected chi connectivity index (χ1v) is 7.66. The van der Waals surface area contributed by atoms with Gasteiger partial charge in [-0.25, -0.2) is 0 Å². The molecule has 0 saturated heterocycles. The van der Waals surface area contributed by atoms with Crippen LogP contribution in [0.25, 0.3) is 11.0 Å². The van der Waals surface area contributed by atoms with Crippen molar-refractivity contribution in [3.8, 4) is 0 Å². The van der Waals surface area contributed by atoms with Crippen LogP contribution >= 0.6 is 51.1 Å². The van der Waals surface area contributed by atoms with Crippen LogP contribution in [0.1, 0.15) is 4.88 Å². The molecule has 0 aliphatic heterocycles. The second-order valence-electron chi connectivity index (χ2n) is 3.86. The molecule has 0 unspecified atom stereocenters. The standard InChI is InChI=1S/C12H8BrClN2S2/c13-10-5-4-7(18-10)6-16-11-8(14)2-1-3-9(11)15-12(16)17/h1-5H,6H2,(H,15,17). The molecular formula is C12H8BrClN2S2. The van der Waals surface area contributed by atoms with E-state index in [4.69, 9.17) is 23.8 Å². The zero-order chi connectivity index (χ0) is 12.7. The van der Waals surface area contributed by atoms with E-state index in [1.165, 1.54) is 4.88 Å². The van der Waals surface area contributed by atoms with Gasteiger partial charge in [0.1, 0.15) is 0 Å². The second-order valence-corrected chi connectivity index (χ2v) is 7.20. The van der Waals surface area contributed by atoms with Gasteiger partial charge in [-0.15, -0.1) is 11.3 Å². The number of nitrogens with one attached hydrogen (secondary N) is 1. The number of aromatic amines is 1. The van der Waals surface area contributed by atoms with Gasteiger partial charge in [0.05, 0.1) is 26.4 Å². The molecule has 3 rings (SSSR count). The fourth-order valence-electron chi connectivity index (χ4n) is 1.92. The summed E-state index contributed by atoms with van der Waals surface area (Å²) < 4.78 is 3.85. The molecule has 18 heavy (non-hydrogen) atoms. The zero-order valence-electron chi connectivity index (χ0n) is 9.11. The van der Waals surface area contributed by atoms with Crippen molar-refractivity contribution in [3.05, 3.63) is 48.8 Å². The predicted molar refractivity (Wildman–Crippen MR) is 83.3 cm³/mol. The summed E-state index contributed by atoms with van der Waals surface area (Å²) >= 11 is 16.8. The van der Waals surface area contributed by atoms with Crippen LogP contribution in [-0.4, -0.2) is 9.55 Å². The van der Waals surface area contributed by atoms with E-state index >= 15 is 0 Å². The number of rotatable bonds is 2. The highest BCUT2D eigenvalue weighted by Gasteiger charge is 2.09. The van der Waals surface area contributed by atoms with E-state index in [-0.39, 0.29) is 0 Å². The van der Waals surface area contributed by atoms with Crippen molar-refractivity contribution < 1.29 is 0 Å². The number of hydrogen-bond donors (Lipinski definition) is 1. The van der Waals surface area contributed by atoms with Gasteiger partial charge in [-0.1, -0.05) is 17.7 Å². The van der Waals surface area contributed by atoms with E-state index in [1.807, 2.05) is 28.8 Å². The van der Waals surface area contributed by atoms with Gasteiger partial charge in [-0.05, 0) is 52.4 Å². The Hall–Kier alpha value is -0.620. The number of thiophene rings is 1. The molecule has 0 radical (unpaired) electrons. The van der Waals surface area contributed by atoms with Gasteiger partial charge in [0.15, 0.2) is 4.77 Å². The average molecular weight is 360 g/mol. The lowest BCUT2D eigenvalue weighted by atomic mass is 10.3. The highest BCUT2D eigenvalue weighted by Crippen LogP contribution is 2.27. The lowest BCUT2D eigenvalue weighted by Gasteiger charge is -2.03. The minimum absolute atomic E-state index is 0.697. The topological polar surface area (TPSA) is 20.7 Å². The Morgan fingerprint density at radius 3 is 2.89 bits per heavy atom. The quantitative estimate of drug-likeness (QED) is 0.622. The van der Waals surface area contributed by atoms with Crippen molar-refractivity contribution in [1.29, 1.82) is 0 Å². The van der Waals surface area contributed by atoms with Gasteiger partial charge in [0, 0.05) is 4.88 Å². The Labute approximate surface area is 126 Å². The fourth-order valence-corrected chi connectivity index (χ4v) is 3.93. The molecular weight excluding hydrogens is 352 g/mol. The van der Waals surface area contributed by atoms with E-state index in [0.29, 0.717) is 4.77 Å². The van der Waals surface area contributed by atoms with E-state index in [2.05, 4.69) is 27.0 Å². The van der Waals surface area contributed by atoms with Gasteiger partial charge in [0.25, 0.3) is 0 Å². The number of benzene rings is 1. The molecule has 0 fully saturated rings. The number of nitrogens with zero attached hydrogens (tertiary/aromatic N) is 1. The second kappa shape index (κ2) is 4.81. The molecule has 0 amide bonds. The van der Waals surface area contributed by atoms with Crippen LogP contribution in [0, 0.1) is 4.77 Å². The molecule has 3 aromatic rings. The molecule has 1 aromatic carbocycles. The molecule has 0 atom stereocenters. The summed E-state index contributed by atoms with van der Waals surface area (Å²) in [5.74, 6) is 0. The first kappa shape index (κ1) is 12.4. The lowest BCUT2D eigenvalue weighted by Crippen LogP contribution is -1.97. The molecule has 92 valence electrons. The first-order valence-electron chi connectivity index (χ1n) is 5.26. The Bertz CT molecular complexity index is 772. The van der Waals surface area contributed by atoms with Crippen LogP contribution < -0.4 is 0 Å². The number of aromatic nitrogens is 2. The highest BCUT2D eigenvalue weighted by atomic mass is 79.9. The SMILES string of the molecule is S=c1[nH]c2cccc(Cl)c2n1Cc1ccc(Br)s1. The number of imidazole rings is 1. The number of halogens is 2. The van der Waals surface area contributed by atoms with Crippen molar-refractivity contribution in [3.63, 3.8) is 0 Å². The summed E-state index contributed by atoms with van der Waals surface area (Å²) in [4.78, 5) is 4.42. The smallest absolute Gasteiger partial charge is 0.178 e. The highest BCUT2D eigenvalue weighted by molar-refractivity contribution is 9.11. The van der Waals surface area contributed by atoms with Crippen LogP contribution in [0.15, 0.2) is 34.1 Å². The summed E-state index contributed by atoms with van der Waals surface area (Å²) in [5, 5.41) is 0.718. The third kappa shape index (κ3) is 2.16.